The molecule has 0 radical (unpaired) electrons. The van der Waals surface area contributed by atoms with Crippen LogP contribution in [0.2, 0.25) is 0 Å². The SMILES string of the molecule is CC(=O)O.CCC/C=C(\C(N)=O)N(C)C.C[N+](C)(C)CC(=O)[O-]. The normalized spacial score (nSPS) is 10.5. The Kier molecular flexibility index (Phi) is 15.2. The highest BCUT2D eigenvalue weighted by molar-refractivity contribution is 5.91. The minimum Gasteiger partial charge on any atom is -0.544 e. The van der Waals surface area contributed by atoms with E-state index in [4.69, 9.17) is 15.6 Å². The average Bonchev–Trinajstić information content (AvgIpc) is 2.24. The van der Waals surface area contributed by atoms with Crippen molar-refractivity contribution in [3.05, 3.63) is 11.8 Å². The lowest BCUT2D eigenvalue weighted by atomic mass is 10.2. The fraction of sp³-hybridized carbons (Fsp3) is 0.667. The number of hydrogen-bond acceptors (Lipinski definition) is 5. The van der Waals surface area contributed by atoms with Gasteiger partial charge in [0.15, 0.2) is 0 Å². The molecule has 136 valence electrons. The van der Waals surface area contributed by atoms with Crippen LogP contribution < -0.4 is 10.8 Å². The number of nitrogens with two attached hydrogens (primary N) is 1. The zero-order chi connectivity index (χ0) is 19.2. The van der Waals surface area contributed by atoms with Crippen molar-refractivity contribution in [3.8, 4) is 0 Å². The summed E-state index contributed by atoms with van der Waals surface area (Å²) in [6.07, 6.45) is 3.80. The first kappa shape index (κ1) is 25.8. The topological polar surface area (TPSA) is 124 Å². The molecule has 0 saturated heterocycles. The molecule has 0 aliphatic carbocycles. The number of quaternary nitrogens is 1. The maximum Gasteiger partial charge on any atom is 0.300 e. The van der Waals surface area contributed by atoms with E-state index >= 15 is 0 Å². The van der Waals surface area contributed by atoms with Gasteiger partial charge < -0.3 is 30.1 Å². The summed E-state index contributed by atoms with van der Waals surface area (Å²) in [5, 5.41) is 17.3. The monoisotopic (exact) mass is 333 g/mol. The lowest BCUT2D eigenvalue weighted by molar-refractivity contribution is -0.864. The number of primary amides is 1. The first-order chi connectivity index (χ1) is 10.2. The van der Waals surface area contributed by atoms with Crippen LogP contribution in [0.3, 0.4) is 0 Å². The van der Waals surface area contributed by atoms with Crippen molar-refractivity contribution in [2.75, 3.05) is 41.8 Å². The largest absolute Gasteiger partial charge is 0.544 e. The van der Waals surface area contributed by atoms with Gasteiger partial charge in [0.1, 0.15) is 6.54 Å². The predicted octanol–water partition coefficient (Wildman–Crippen LogP) is -0.749. The van der Waals surface area contributed by atoms with Crippen molar-refractivity contribution >= 4 is 17.8 Å². The number of allylic oxidation sites excluding steroid dienone is 1. The molecular formula is C15H31N3O5. The van der Waals surface area contributed by atoms with Crippen LogP contribution in [0.15, 0.2) is 11.8 Å². The van der Waals surface area contributed by atoms with Gasteiger partial charge in [0, 0.05) is 21.0 Å². The summed E-state index contributed by atoms with van der Waals surface area (Å²) < 4.78 is 0.419. The Morgan fingerprint density at radius 2 is 1.61 bits per heavy atom. The Labute approximate surface area is 138 Å². The van der Waals surface area contributed by atoms with Crippen molar-refractivity contribution < 1.29 is 29.1 Å². The Morgan fingerprint density at radius 1 is 1.22 bits per heavy atom. The Balaban J connectivity index is -0.000000292. The first-order valence-corrected chi connectivity index (χ1v) is 7.11. The standard InChI is InChI=1S/C8H16N2O.C5H11NO2.C2H4O2/c1-4-5-6-7(8(9)11)10(2)3;1-6(2,3)4-5(7)8;1-2(3)4/h6H,4-5H2,1-3H3,(H2,9,11);4H2,1-3H3;1H3,(H,3,4)/b7-6+;;. The Hall–Kier alpha value is -2.09. The van der Waals surface area contributed by atoms with E-state index in [1.807, 2.05) is 20.2 Å². The second-order valence-electron chi connectivity index (χ2n) is 5.98. The number of rotatable bonds is 6. The van der Waals surface area contributed by atoms with Gasteiger partial charge in [-0.25, -0.2) is 0 Å². The Morgan fingerprint density at radius 3 is 1.74 bits per heavy atom. The molecule has 0 rings (SSSR count). The number of likely N-dealkylation sites (N-methyl/N-ethyl adjacent to an activating group) is 2. The van der Waals surface area contributed by atoms with E-state index in [2.05, 4.69) is 6.92 Å². The number of carbonyl (C=O) groups is 3. The highest BCUT2D eigenvalue weighted by atomic mass is 16.4. The van der Waals surface area contributed by atoms with Gasteiger partial charge in [0.25, 0.3) is 11.9 Å². The lowest BCUT2D eigenvalue weighted by Crippen LogP contribution is -2.45. The van der Waals surface area contributed by atoms with Crippen LogP contribution in [0.25, 0.3) is 0 Å². The Bertz CT molecular complexity index is 394. The van der Waals surface area contributed by atoms with E-state index in [0.717, 1.165) is 19.8 Å². The number of amides is 1. The summed E-state index contributed by atoms with van der Waals surface area (Å²) in [5.41, 5.74) is 5.72. The maximum atomic E-state index is 10.8. The van der Waals surface area contributed by atoms with Gasteiger partial charge in [-0.15, -0.1) is 0 Å². The highest BCUT2D eigenvalue weighted by Crippen LogP contribution is 2.00. The zero-order valence-corrected chi connectivity index (χ0v) is 15.3. The molecule has 0 fully saturated rings. The van der Waals surface area contributed by atoms with Crippen LogP contribution in [-0.4, -0.2) is 74.1 Å². The quantitative estimate of drug-likeness (QED) is 0.487. The van der Waals surface area contributed by atoms with Crippen molar-refractivity contribution in [2.45, 2.75) is 26.7 Å². The van der Waals surface area contributed by atoms with Gasteiger partial charge in [-0.3, -0.25) is 9.59 Å². The summed E-state index contributed by atoms with van der Waals surface area (Å²) >= 11 is 0. The number of carboxylic acids is 2. The second-order valence-corrected chi connectivity index (χ2v) is 5.98. The molecule has 0 atom stereocenters. The first-order valence-electron chi connectivity index (χ1n) is 7.11. The highest BCUT2D eigenvalue weighted by Gasteiger charge is 2.05. The van der Waals surface area contributed by atoms with E-state index in [1.165, 1.54) is 0 Å². The molecule has 0 aromatic carbocycles. The molecule has 8 heteroatoms. The summed E-state index contributed by atoms with van der Waals surface area (Å²) in [5.74, 6) is -2.19. The third-order valence-electron chi connectivity index (χ3n) is 1.96. The van der Waals surface area contributed by atoms with Crippen molar-refractivity contribution in [1.29, 1.82) is 0 Å². The van der Waals surface area contributed by atoms with Crippen LogP contribution >= 0.6 is 0 Å². The van der Waals surface area contributed by atoms with Crippen LogP contribution in [0.5, 0.6) is 0 Å². The molecule has 0 aliphatic rings. The summed E-state index contributed by atoms with van der Waals surface area (Å²) in [7, 11) is 9.03. The molecule has 0 bridgehead atoms. The predicted molar refractivity (Wildman–Crippen MR) is 87.1 cm³/mol. The molecular weight excluding hydrogens is 302 g/mol. The number of carboxylic acid groups (broad SMARTS) is 2. The van der Waals surface area contributed by atoms with E-state index in [9.17, 15) is 14.7 Å². The third kappa shape index (κ3) is 28.7. The fourth-order valence-electron chi connectivity index (χ4n) is 1.17. The van der Waals surface area contributed by atoms with Crippen LogP contribution in [0.1, 0.15) is 26.7 Å². The van der Waals surface area contributed by atoms with E-state index in [-0.39, 0.29) is 12.5 Å². The van der Waals surface area contributed by atoms with Crippen LogP contribution in [0, 0.1) is 0 Å². The molecule has 0 heterocycles. The van der Waals surface area contributed by atoms with Crippen LogP contribution in [-0.2, 0) is 14.4 Å². The van der Waals surface area contributed by atoms with Gasteiger partial charge in [-0.05, 0) is 6.42 Å². The molecule has 8 nitrogen and oxygen atoms in total. The van der Waals surface area contributed by atoms with E-state index < -0.39 is 11.9 Å². The molecule has 23 heavy (non-hydrogen) atoms. The second kappa shape index (κ2) is 13.6. The van der Waals surface area contributed by atoms with Gasteiger partial charge in [0.05, 0.1) is 32.8 Å². The van der Waals surface area contributed by atoms with Crippen molar-refractivity contribution in [3.63, 3.8) is 0 Å². The number of hydrogen-bond donors (Lipinski definition) is 2. The molecule has 0 aliphatic heterocycles. The number of unbranched alkanes of at least 4 members (excludes halogenated alkanes) is 1. The van der Waals surface area contributed by atoms with Gasteiger partial charge in [0.2, 0.25) is 0 Å². The summed E-state index contributed by atoms with van der Waals surface area (Å²) in [6, 6.07) is 0. The summed E-state index contributed by atoms with van der Waals surface area (Å²) in [6.45, 7) is 3.21. The van der Waals surface area contributed by atoms with Gasteiger partial charge >= 0.3 is 0 Å². The zero-order valence-electron chi connectivity index (χ0n) is 15.3. The van der Waals surface area contributed by atoms with Gasteiger partial charge in [-0.2, -0.15) is 0 Å². The van der Waals surface area contributed by atoms with Gasteiger partial charge in [-0.1, -0.05) is 19.4 Å². The van der Waals surface area contributed by atoms with E-state index in [1.54, 1.807) is 26.0 Å². The minimum absolute atomic E-state index is 0.0694. The minimum atomic E-state index is -1.00. The summed E-state index contributed by atoms with van der Waals surface area (Å²) in [4.78, 5) is 31.4. The molecule has 0 spiro atoms. The molecule has 0 unspecified atom stereocenters. The number of nitrogens with zero attached hydrogens (tertiary/aromatic N) is 2. The molecule has 1 amide bonds. The fourth-order valence-corrected chi connectivity index (χ4v) is 1.17. The molecule has 3 N–H and O–H groups in total. The number of carbonyl (C=O) groups excluding carboxylic acids is 2. The van der Waals surface area contributed by atoms with Crippen LogP contribution in [0.4, 0.5) is 0 Å². The average molecular weight is 333 g/mol. The molecule has 0 aromatic heterocycles. The lowest BCUT2D eigenvalue weighted by Gasteiger charge is -2.23. The maximum absolute atomic E-state index is 10.8. The molecule has 0 aromatic rings. The van der Waals surface area contributed by atoms with Crippen molar-refractivity contribution in [2.24, 2.45) is 5.73 Å². The van der Waals surface area contributed by atoms with Crippen molar-refractivity contribution in [1.82, 2.24) is 4.90 Å². The molecule has 0 saturated carbocycles. The smallest absolute Gasteiger partial charge is 0.300 e. The third-order valence-corrected chi connectivity index (χ3v) is 1.96. The van der Waals surface area contributed by atoms with E-state index in [0.29, 0.717) is 10.2 Å². The number of aliphatic carboxylic acids is 2.